The summed E-state index contributed by atoms with van der Waals surface area (Å²) in [6.45, 7) is 9.47. The number of H-pyrrole nitrogens is 1. The number of rotatable bonds is 5. The van der Waals surface area contributed by atoms with Gasteiger partial charge in [-0.1, -0.05) is 12.1 Å². The van der Waals surface area contributed by atoms with Crippen LogP contribution in [0.2, 0.25) is 0 Å². The first-order chi connectivity index (χ1) is 11.8. The van der Waals surface area contributed by atoms with Gasteiger partial charge in [0.15, 0.2) is 5.78 Å². The van der Waals surface area contributed by atoms with Crippen LogP contribution in [0.3, 0.4) is 0 Å². The molecule has 1 aromatic carbocycles. The van der Waals surface area contributed by atoms with Gasteiger partial charge in [0.1, 0.15) is 5.69 Å². The largest absolute Gasteiger partial charge is 0.354 e. The van der Waals surface area contributed by atoms with Crippen molar-refractivity contribution in [3.8, 4) is 6.07 Å². The van der Waals surface area contributed by atoms with Gasteiger partial charge in [-0.05, 0) is 57.9 Å². The number of hydrogen-bond acceptors (Lipinski definition) is 3. The molecule has 0 atom stereocenters. The quantitative estimate of drug-likeness (QED) is 0.844. The van der Waals surface area contributed by atoms with Gasteiger partial charge in [-0.2, -0.15) is 5.26 Å². The molecule has 1 heterocycles. The van der Waals surface area contributed by atoms with Crippen LogP contribution in [-0.4, -0.2) is 27.6 Å². The summed E-state index contributed by atoms with van der Waals surface area (Å²) in [5, 5.41) is 8.89. The summed E-state index contributed by atoms with van der Waals surface area (Å²) in [6, 6.07) is 9.29. The first kappa shape index (κ1) is 18.5. The highest BCUT2D eigenvalue weighted by Gasteiger charge is 2.25. The fourth-order valence-corrected chi connectivity index (χ4v) is 3.01. The number of ketones is 1. The van der Waals surface area contributed by atoms with Gasteiger partial charge in [-0.15, -0.1) is 0 Å². The third kappa shape index (κ3) is 3.80. The number of aromatic amines is 1. The Hall–Kier alpha value is -2.87. The van der Waals surface area contributed by atoms with Crippen LogP contribution in [0.4, 0.5) is 0 Å². The molecule has 130 valence electrons. The molecule has 0 bridgehead atoms. The van der Waals surface area contributed by atoms with E-state index in [1.807, 2.05) is 26.0 Å². The number of nitriles is 1. The Kier molecular flexibility index (Phi) is 5.43. The van der Waals surface area contributed by atoms with Gasteiger partial charge < -0.3 is 9.88 Å². The Labute approximate surface area is 148 Å². The number of hydrogen-bond donors (Lipinski definition) is 1. The van der Waals surface area contributed by atoms with Crippen LogP contribution < -0.4 is 0 Å². The predicted molar refractivity (Wildman–Crippen MR) is 96.4 cm³/mol. The van der Waals surface area contributed by atoms with Crippen LogP contribution in [-0.2, 0) is 6.54 Å². The maximum absolute atomic E-state index is 13.1. The summed E-state index contributed by atoms with van der Waals surface area (Å²) in [6.07, 6.45) is 0. The van der Waals surface area contributed by atoms with E-state index in [2.05, 4.69) is 11.1 Å². The SMILES string of the molecule is CC(=O)c1c(C)[nH]c(C(=O)N(Cc2ccc(C#N)cc2)C(C)C)c1C. The fourth-order valence-electron chi connectivity index (χ4n) is 3.01. The summed E-state index contributed by atoms with van der Waals surface area (Å²) >= 11 is 0. The molecule has 0 aliphatic heterocycles. The third-order valence-corrected chi connectivity index (χ3v) is 4.32. The molecule has 5 nitrogen and oxygen atoms in total. The van der Waals surface area contributed by atoms with Gasteiger partial charge in [0.05, 0.1) is 11.6 Å². The molecule has 25 heavy (non-hydrogen) atoms. The molecule has 1 aromatic heterocycles. The number of carbonyl (C=O) groups excluding carboxylic acids is 2. The van der Waals surface area contributed by atoms with Crippen molar-refractivity contribution in [1.82, 2.24) is 9.88 Å². The number of nitrogens with one attached hydrogen (secondary N) is 1. The van der Waals surface area contributed by atoms with E-state index in [0.29, 0.717) is 28.9 Å². The van der Waals surface area contributed by atoms with Gasteiger partial charge in [0.25, 0.3) is 5.91 Å². The maximum Gasteiger partial charge on any atom is 0.271 e. The smallest absolute Gasteiger partial charge is 0.271 e. The molecule has 2 rings (SSSR count). The van der Waals surface area contributed by atoms with E-state index in [-0.39, 0.29) is 17.7 Å². The number of Topliss-reactive ketones (excluding diaryl/α,β-unsaturated/α-hetero) is 1. The van der Waals surface area contributed by atoms with Crippen molar-refractivity contribution in [3.63, 3.8) is 0 Å². The van der Waals surface area contributed by atoms with Crippen molar-refractivity contribution in [2.75, 3.05) is 0 Å². The normalized spacial score (nSPS) is 10.6. The maximum atomic E-state index is 13.1. The second kappa shape index (κ2) is 7.35. The minimum atomic E-state index is -0.132. The minimum Gasteiger partial charge on any atom is -0.354 e. The average molecular weight is 337 g/mol. The topological polar surface area (TPSA) is 77.0 Å². The van der Waals surface area contributed by atoms with E-state index in [9.17, 15) is 9.59 Å². The highest BCUT2D eigenvalue weighted by molar-refractivity contribution is 6.02. The van der Waals surface area contributed by atoms with E-state index in [0.717, 1.165) is 11.3 Å². The third-order valence-electron chi connectivity index (χ3n) is 4.32. The highest BCUT2D eigenvalue weighted by atomic mass is 16.2. The van der Waals surface area contributed by atoms with Gasteiger partial charge in [-0.25, -0.2) is 0 Å². The second-order valence-corrected chi connectivity index (χ2v) is 6.52. The van der Waals surface area contributed by atoms with E-state index in [1.54, 1.807) is 30.9 Å². The summed E-state index contributed by atoms with van der Waals surface area (Å²) in [5.41, 5.74) is 4.01. The molecule has 0 unspecified atom stereocenters. The lowest BCUT2D eigenvalue weighted by molar-refractivity contribution is 0.0684. The van der Waals surface area contributed by atoms with Crippen LogP contribution in [0.25, 0.3) is 0 Å². The Balaban J connectivity index is 2.34. The summed E-state index contributed by atoms with van der Waals surface area (Å²) < 4.78 is 0. The van der Waals surface area contributed by atoms with Gasteiger partial charge in [-0.3, -0.25) is 9.59 Å². The standard InChI is InChI=1S/C20H23N3O2/c1-12(2)23(11-17-8-6-16(10-21)7-9-17)20(25)19-13(3)18(15(5)24)14(4)22-19/h6-9,12,22H,11H2,1-5H3. The van der Waals surface area contributed by atoms with Gasteiger partial charge in [0, 0.05) is 23.8 Å². The molecule has 0 radical (unpaired) electrons. The van der Waals surface area contributed by atoms with Gasteiger partial charge >= 0.3 is 0 Å². The molecule has 0 saturated heterocycles. The molecular formula is C20H23N3O2. The van der Waals surface area contributed by atoms with Crippen LogP contribution in [0.1, 0.15) is 64.0 Å². The van der Waals surface area contributed by atoms with Crippen LogP contribution in [0.15, 0.2) is 24.3 Å². The number of aromatic nitrogens is 1. The van der Waals surface area contributed by atoms with Crippen molar-refractivity contribution >= 4 is 11.7 Å². The molecule has 0 spiro atoms. The average Bonchev–Trinajstić information content (AvgIpc) is 2.87. The lowest BCUT2D eigenvalue weighted by Crippen LogP contribution is -2.37. The van der Waals surface area contributed by atoms with Crippen LogP contribution in [0, 0.1) is 25.2 Å². The Morgan fingerprint density at radius 2 is 1.80 bits per heavy atom. The summed E-state index contributed by atoms with van der Waals surface area (Å²) in [5.74, 6) is -0.180. The predicted octanol–water partition coefficient (Wildman–Crippen LogP) is 3.76. The fraction of sp³-hybridized carbons (Fsp3) is 0.350. The molecule has 5 heteroatoms. The van der Waals surface area contributed by atoms with Crippen LogP contribution >= 0.6 is 0 Å². The van der Waals surface area contributed by atoms with E-state index in [4.69, 9.17) is 5.26 Å². The summed E-state index contributed by atoms with van der Waals surface area (Å²) in [4.78, 5) is 29.7. The zero-order valence-corrected chi connectivity index (χ0v) is 15.3. The van der Waals surface area contributed by atoms with Crippen molar-refractivity contribution in [2.45, 2.75) is 47.2 Å². The number of nitrogens with zero attached hydrogens (tertiary/aromatic N) is 2. The van der Waals surface area contributed by atoms with Crippen molar-refractivity contribution in [1.29, 1.82) is 5.26 Å². The van der Waals surface area contributed by atoms with Crippen LogP contribution in [0.5, 0.6) is 0 Å². The molecule has 0 fully saturated rings. The van der Waals surface area contributed by atoms with Gasteiger partial charge in [0.2, 0.25) is 0 Å². The number of amides is 1. The molecule has 1 amide bonds. The lowest BCUT2D eigenvalue weighted by Gasteiger charge is -2.27. The molecule has 0 aliphatic rings. The number of benzene rings is 1. The van der Waals surface area contributed by atoms with E-state index >= 15 is 0 Å². The molecule has 0 aliphatic carbocycles. The van der Waals surface area contributed by atoms with E-state index in [1.165, 1.54) is 6.92 Å². The zero-order chi connectivity index (χ0) is 18.7. The van der Waals surface area contributed by atoms with Crippen molar-refractivity contribution in [2.24, 2.45) is 0 Å². The molecule has 1 N–H and O–H groups in total. The Morgan fingerprint density at radius 1 is 1.20 bits per heavy atom. The molecule has 2 aromatic rings. The summed E-state index contributed by atoms with van der Waals surface area (Å²) in [7, 11) is 0. The first-order valence-electron chi connectivity index (χ1n) is 8.26. The minimum absolute atomic E-state index is 0.00747. The highest BCUT2D eigenvalue weighted by Crippen LogP contribution is 2.22. The second-order valence-electron chi connectivity index (χ2n) is 6.52. The Bertz CT molecular complexity index is 839. The number of carbonyl (C=O) groups is 2. The Morgan fingerprint density at radius 3 is 2.24 bits per heavy atom. The first-order valence-corrected chi connectivity index (χ1v) is 8.26. The van der Waals surface area contributed by atoms with Crippen molar-refractivity contribution in [3.05, 3.63) is 57.9 Å². The zero-order valence-electron chi connectivity index (χ0n) is 15.3. The molecular weight excluding hydrogens is 314 g/mol. The monoisotopic (exact) mass is 337 g/mol. The lowest BCUT2D eigenvalue weighted by atomic mass is 10.1. The number of aryl methyl sites for hydroxylation is 1. The molecule has 0 saturated carbocycles. The van der Waals surface area contributed by atoms with Crippen molar-refractivity contribution < 1.29 is 9.59 Å². The van der Waals surface area contributed by atoms with E-state index < -0.39 is 0 Å².